The van der Waals surface area contributed by atoms with E-state index in [1.54, 1.807) is 0 Å². The monoisotopic (exact) mass is 515 g/mol. The second-order valence-electron chi connectivity index (χ2n) is 9.43. The standard InChI is InChI=1S/C29H33N5O2S/c1-3-30-28(35)33-29-32-26-18-23(17-24(27(26)37-29)25-6-4-5-11-31-25)22-10-9-21(8-7-20(2)16-22)19-34-12-14-36-15-13-34/h4-6,8-11,16-18,20H,3,7,12-15,19H2,1-2H3,(H2,30,32,33,35). The van der Waals surface area contributed by atoms with Crippen LogP contribution in [0.15, 0.2) is 66.4 Å². The third-order valence-electron chi connectivity index (χ3n) is 6.52. The molecule has 1 aliphatic carbocycles. The second-order valence-corrected chi connectivity index (χ2v) is 10.4. The van der Waals surface area contributed by atoms with E-state index in [2.05, 4.69) is 63.9 Å². The number of carbonyl (C=O) groups is 1. The molecule has 1 aromatic carbocycles. The van der Waals surface area contributed by atoms with Crippen LogP contribution < -0.4 is 10.6 Å². The number of anilines is 1. The van der Waals surface area contributed by atoms with Gasteiger partial charge in [-0.15, -0.1) is 0 Å². The topological polar surface area (TPSA) is 79.4 Å². The summed E-state index contributed by atoms with van der Waals surface area (Å²) in [6.07, 6.45) is 12.0. The van der Waals surface area contributed by atoms with E-state index in [4.69, 9.17) is 9.72 Å². The summed E-state index contributed by atoms with van der Waals surface area (Å²) in [4.78, 5) is 24.0. The van der Waals surface area contributed by atoms with Crippen molar-refractivity contribution in [3.05, 3.63) is 72.0 Å². The molecule has 0 saturated carbocycles. The SMILES string of the molecule is CCNC(=O)Nc1nc2cc(C3=CC(C)CC=C(CN4CCOCC4)C=C3)cc(-c3ccccn3)c2s1. The maximum Gasteiger partial charge on any atom is 0.321 e. The molecule has 2 aliphatic rings. The van der Waals surface area contributed by atoms with Crippen LogP contribution in [0.1, 0.15) is 25.8 Å². The van der Waals surface area contributed by atoms with E-state index in [1.165, 1.54) is 22.5 Å². The Morgan fingerprint density at radius 2 is 2.08 bits per heavy atom. The van der Waals surface area contributed by atoms with Gasteiger partial charge in [0.1, 0.15) is 0 Å². The van der Waals surface area contributed by atoms with Gasteiger partial charge in [0.05, 0.1) is 29.1 Å². The van der Waals surface area contributed by atoms with Crippen LogP contribution in [-0.2, 0) is 4.74 Å². The fourth-order valence-corrected chi connectivity index (χ4v) is 5.59. The van der Waals surface area contributed by atoms with Crippen LogP contribution in [0.3, 0.4) is 0 Å². The molecule has 1 fully saturated rings. The zero-order valence-electron chi connectivity index (χ0n) is 21.4. The van der Waals surface area contributed by atoms with Crippen molar-refractivity contribution in [2.45, 2.75) is 20.3 Å². The summed E-state index contributed by atoms with van der Waals surface area (Å²) in [5.74, 6) is 0.402. The molecule has 2 N–H and O–H groups in total. The summed E-state index contributed by atoms with van der Waals surface area (Å²) in [7, 11) is 0. The van der Waals surface area contributed by atoms with Crippen LogP contribution in [0, 0.1) is 5.92 Å². The molecule has 1 aliphatic heterocycles. The molecule has 3 aromatic rings. The number of allylic oxidation sites excluding steroid dienone is 4. The molecule has 1 unspecified atom stereocenters. The van der Waals surface area contributed by atoms with E-state index in [1.807, 2.05) is 31.3 Å². The Labute approximate surface area is 222 Å². The highest BCUT2D eigenvalue weighted by Gasteiger charge is 2.17. The third kappa shape index (κ3) is 6.33. The minimum atomic E-state index is -0.250. The Kier molecular flexibility index (Phi) is 8.08. The Morgan fingerprint density at radius 1 is 1.22 bits per heavy atom. The molecule has 0 bridgehead atoms. The lowest BCUT2D eigenvalue weighted by atomic mass is 9.93. The van der Waals surface area contributed by atoms with Crippen molar-refractivity contribution in [2.75, 3.05) is 44.7 Å². The maximum atomic E-state index is 12.1. The summed E-state index contributed by atoms with van der Waals surface area (Å²) in [6.45, 7) is 9.21. The molecule has 192 valence electrons. The number of nitrogens with one attached hydrogen (secondary N) is 2. The molecular weight excluding hydrogens is 482 g/mol. The summed E-state index contributed by atoms with van der Waals surface area (Å²) in [5, 5.41) is 6.21. The van der Waals surface area contributed by atoms with Gasteiger partial charge < -0.3 is 10.1 Å². The first-order chi connectivity index (χ1) is 18.1. The zero-order valence-corrected chi connectivity index (χ0v) is 22.2. The predicted molar refractivity (Wildman–Crippen MR) is 152 cm³/mol. The van der Waals surface area contributed by atoms with Gasteiger partial charge in [0.25, 0.3) is 0 Å². The van der Waals surface area contributed by atoms with E-state index in [0.29, 0.717) is 17.6 Å². The first-order valence-electron chi connectivity index (χ1n) is 12.9. The number of aromatic nitrogens is 2. The molecule has 5 rings (SSSR count). The quantitative estimate of drug-likeness (QED) is 0.438. The average Bonchev–Trinajstić information content (AvgIpc) is 3.31. The normalized spacial score (nSPS) is 18.6. The number of rotatable bonds is 6. The van der Waals surface area contributed by atoms with Crippen molar-refractivity contribution in [2.24, 2.45) is 5.92 Å². The van der Waals surface area contributed by atoms with Crippen LogP contribution in [0.25, 0.3) is 27.0 Å². The number of fused-ring (bicyclic) bond motifs is 1. The van der Waals surface area contributed by atoms with E-state index < -0.39 is 0 Å². The van der Waals surface area contributed by atoms with Gasteiger partial charge in [-0.05, 0) is 60.2 Å². The molecule has 37 heavy (non-hydrogen) atoms. The van der Waals surface area contributed by atoms with Crippen molar-refractivity contribution in [3.63, 3.8) is 0 Å². The number of pyridine rings is 1. The van der Waals surface area contributed by atoms with Gasteiger partial charge in [0.2, 0.25) is 0 Å². The second kappa shape index (κ2) is 11.8. The number of ether oxygens (including phenoxy) is 1. The maximum absolute atomic E-state index is 12.1. The van der Waals surface area contributed by atoms with Gasteiger partial charge in [-0.25, -0.2) is 9.78 Å². The van der Waals surface area contributed by atoms with Gasteiger partial charge in [-0.3, -0.25) is 15.2 Å². The van der Waals surface area contributed by atoms with E-state index in [0.717, 1.165) is 66.3 Å². The minimum Gasteiger partial charge on any atom is -0.379 e. The molecule has 8 heteroatoms. The van der Waals surface area contributed by atoms with Crippen molar-refractivity contribution in [3.8, 4) is 11.3 Å². The summed E-state index contributed by atoms with van der Waals surface area (Å²) in [6, 6.07) is 10.0. The van der Waals surface area contributed by atoms with Crippen LogP contribution in [0.2, 0.25) is 0 Å². The van der Waals surface area contributed by atoms with Crippen molar-refractivity contribution in [1.29, 1.82) is 0 Å². The molecule has 1 saturated heterocycles. The van der Waals surface area contributed by atoms with Gasteiger partial charge in [-0.2, -0.15) is 0 Å². The highest BCUT2D eigenvalue weighted by atomic mass is 32.1. The average molecular weight is 516 g/mol. The van der Waals surface area contributed by atoms with Crippen LogP contribution in [-0.4, -0.2) is 60.3 Å². The van der Waals surface area contributed by atoms with Crippen molar-refractivity contribution in [1.82, 2.24) is 20.2 Å². The Hall–Kier alpha value is -3.33. The number of urea groups is 1. The lowest BCUT2D eigenvalue weighted by Gasteiger charge is -2.27. The number of thiazole rings is 1. The van der Waals surface area contributed by atoms with Crippen LogP contribution in [0.4, 0.5) is 9.93 Å². The largest absolute Gasteiger partial charge is 0.379 e. The molecule has 2 amide bonds. The van der Waals surface area contributed by atoms with Crippen LogP contribution in [0.5, 0.6) is 0 Å². The van der Waals surface area contributed by atoms with Gasteiger partial charge in [0.15, 0.2) is 5.13 Å². The van der Waals surface area contributed by atoms with Crippen molar-refractivity contribution >= 4 is 38.3 Å². The predicted octanol–water partition coefficient (Wildman–Crippen LogP) is 5.74. The lowest BCUT2D eigenvalue weighted by molar-refractivity contribution is 0.0426. The summed E-state index contributed by atoms with van der Waals surface area (Å²) < 4.78 is 6.52. The van der Waals surface area contributed by atoms with E-state index in [9.17, 15) is 4.79 Å². The van der Waals surface area contributed by atoms with Crippen molar-refractivity contribution < 1.29 is 9.53 Å². The van der Waals surface area contributed by atoms with Gasteiger partial charge >= 0.3 is 6.03 Å². The molecule has 0 radical (unpaired) electrons. The van der Waals surface area contributed by atoms with Gasteiger partial charge in [-0.1, -0.05) is 48.6 Å². The summed E-state index contributed by atoms with van der Waals surface area (Å²) >= 11 is 1.47. The lowest BCUT2D eigenvalue weighted by Crippen LogP contribution is -2.37. The van der Waals surface area contributed by atoms with Gasteiger partial charge in [0, 0.05) is 37.9 Å². The Balaban J connectivity index is 1.51. The fraction of sp³-hybridized carbons (Fsp3) is 0.345. The molecular formula is C29H33N5O2S. The number of hydrogen-bond donors (Lipinski definition) is 2. The first kappa shape index (κ1) is 25.3. The third-order valence-corrected chi connectivity index (χ3v) is 7.54. The smallest absolute Gasteiger partial charge is 0.321 e. The number of hydrogen-bond acceptors (Lipinski definition) is 6. The van der Waals surface area contributed by atoms with Crippen LogP contribution >= 0.6 is 11.3 Å². The highest BCUT2D eigenvalue weighted by molar-refractivity contribution is 7.22. The number of morpholine rings is 1. The molecule has 0 spiro atoms. The zero-order chi connectivity index (χ0) is 25.6. The van der Waals surface area contributed by atoms with E-state index in [-0.39, 0.29) is 6.03 Å². The molecule has 7 nitrogen and oxygen atoms in total. The number of benzene rings is 1. The number of nitrogens with zero attached hydrogens (tertiary/aromatic N) is 3. The molecule has 3 heterocycles. The summed E-state index contributed by atoms with van der Waals surface area (Å²) in [5.41, 5.74) is 6.36. The Morgan fingerprint density at radius 3 is 2.86 bits per heavy atom. The fourth-order valence-electron chi connectivity index (χ4n) is 4.63. The first-order valence-corrected chi connectivity index (χ1v) is 13.7. The number of carbonyl (C=O) groups excluding carboxylic acids is 1. The molecule has 2 aromatic heterocycles. The minimum absolute atomic E-state index is 0.250. The molecule has 1 atom stereocenters. The van der Waals surface area contributed by atoms with E-state index >= 15 is 0 Å². The Bertz CT molecular complexity index is 1340. The highest BCUT2D eigenvalue weighted by Crippen LogP contribution is 2.38. The number of amides is 2.